The molecule has 30 heavy (non-hydrogen) atoms. The van der Waals surface area contributed by atoms with Crippen LogP contribution >= 0.6 is 11.3 Å². The monoisotopic (exact) mass is 445 g/mol. The fraction of sp³-hybridized carbons (Fsp3) is 0.158. The lowest BCUT2D eigenvalue weighted by atomic mass is 10.1. The Morgan fingerprint density at radius 3 is 2.37 bits per heavy atom. The van der Waals surface area contributed by atoms with Crippen molar-refractivity contribution < 1.29 is 18.0 Å². The van der Waals surface area contributed by atoms with E-state index in [1.54, 1.807) is 12.1 Å². The molecule has 1 heterocycles. The van der Waals surface area contributed by atoms with Gasteiger partial charge in [0, 0.05) is 6.92 Å². The zero-order valence-corrected chi connectivity index (χ0v) is 17.8. The maximum atomic E-state index is 12.8. The summed E-state index contributed by atoms with van der Waals surface area (Å²) in [6.45, 7) is 3.12. The number of carbonyl (C=O) groups excluding carboxylic acids is 2. The standard InChI is InChI=1S/C19H19N5O4S2/c1-12(14-8-4-3-5-9-14)20-17(26)15-10-6-7-11-16(15)24-30(27,28)19-23-22-18(29-19)21-13(2)25/h3-12,24H,1-2H3,(H,20,26)(H,21,22,25)/t12-/m0/s1. The average molecular weight is 446 g/mol. The lowest BCUT2D eigenvalue weighted by Gasteiger charge is -2.16. The summed E-state index contributed by atoms with van der Waals surface area (Å²) in [5, 5.41) is 12.5. The smallest absolute Gasteiger partial charge is 0.291 e. The number of rotatable bonds is 7. The van der Waals surface area contributed by atoms with Gasteiger partial charge in [0.15, 0.2) is 0 Å². The second-order valence-electron chi connectivity index (χ2n) is 6.31. The Hall–Kier alpha value is -3.31. The van der Waals surface area contributed by atoms with Crippen molar-refractivity contribution in [3.8, 4) is 0 Å². The minimum Gasteiger partial charge on any atom is -0.345 e. The zero-order chi connectivity index (χ0) is 21.7. The van der Waals surface area contributed by atoms with E-state index in [0.717, 1.165) is 5.56 Å². The molecule has 0 aliphatic heterocycles. The number of aromatic nitrogens is 2. The SMILES string of the molecule is CC(=O)Nc1nnc(S(=O)(=O)Nc2ccccc2C(=O)N[C@@H](C)c2ccccc2)s1. The minimum atomic E-state index is -4.10. The summed E-state index contributed by atoms with van der Waals surface area (Å²) in [5.41, 5.74) is 1.19. The maximum Gasteiger partial charge on any atom is 0.291 e. The summed E-state index contributed by atoms with van der Waals surface area (Å²) in [7, 11) is -4.10. The molecule has 9 nitrogen and oxygen atoms in total. The first-order valence-corrected chi connectivity index (χ1v) is 11.1. The van der Waals surface area contributed by atoms with Crippen LogP contribution in [0.4, 0.5) is 10.8 Å². The number of nitrogens with one attached hydrogen (secondary N) is 3. The van der Waals surface area contributed by atoms with Gasteiger partial charge in [0.25, 0.3) is 20.3 Å². The molecule has 2 amide bonds. The van der Waals surface area contributed by atoms with Crippen molar-refractivity contribution in [3.63, 3.8) is 0 Å². The third kappa shape index (κ3) is 5.19. The summed E-state index contributed by atoms with van der Waals surface area (Å²) in [6, 6.07) is 15.4. The first-order valence-electron chi connectivity index (χ1n) is 8.85. The van der Waals surface area contributed by atoms with Gasteiger partial charge in [-0.1, -0.05) is 53.8 Å². The van der Waals surface area contributed by atoms with Crippen molar-refractivity contribution in [1.29, 1.82) is 0 Å². The van der Waals surface area contributed by atoms with E-state index in [9.17, 15) is 18.0 Å². The fourth-order valence-electron chi connectivity index (χ4n) is 2.58. The quantitative estimate of drug-likeness (QED) is 0.480. The van der Waals surface area contributed by atoms with Gasteiger partial charge in [0.2, 0.25) is 11.0 Å². The van der Waals surface area contributed by atoms with E-state index in [2.05, 4.69) is 25.6 Å². The van der Waals surface area contributed by atoms with Crippen LogP contribution in [0.15, 0.2) is 58.9 Å². The highest BCUT2D eigenvalue weighted by Gasteiger charge is 2.23. The highest BCUT2D eigenvalue weighted by molar-refractivity contribution is 7.94. The van der Waals surface area contributed by atoms with Gasteiger partial charge in [0.1, 0.15) is 0 Å². The van der Waals surface area contributed by atoms with Gasteiger partial charge in [-0.2, -0.15) is 8.42 Å². The van der Waals surface area contributed by atoms with E-state index in [-0.39, 0.29) is 26.8 Å². The van der Waals surface area contributed by atoms with E-state index in [4.69, 9.17) is 0 Å². The summed E-state index contributed by atoms with van der Waals surface area (Å²) in [4.78, 5) is 23.9. The molecule has 156 valence electrons. The molecule has 0 spiro atoms. The largest absolute Gasteiger partial charge is 0.345 e. The van der Waals surface area contributed by atoms with Crippen molar-refractivity contribution >= 4 is 44.0 Å². The lowest BCUT2D eigenvalue weighted by molar-refractivity contribution is -0.114. The van der Waals surface area contributed by atoms with Crippen molar-refractivity contribution in [2.45, 2.75) is 24.2 Å². The Balaban J connectivity index is 1.80. The summed E-state index contributed by atoms with van der Waals surface area (Å²) < 4.78 is 27.4. The molecule has 1 aromatic heterocycles. The Kier molecular flexibility index (Phi) is 6.43. The summed E-state index contributed by atoms with van der Waals surface area (Å²) >= 11 is 0.704. The molecule has 0 saturated heterocycles. The molecule has 3 aromatic rings. The van der Waals surface area contributed by atoms with E-state index >= 15 is 0 Å². The fourth-order valence-corrected chi connectivity index (χ4v) is 4.60. The number of hydrogen-bond acceptors (Lipinski definition) is 7. The van der Waals surface area contributed by atoms with Gasteiger partial charge in [-0.05, 0) is 24.6 Å². The molecule has 11 heteroatoms. The minimum absolute atomic E-state index is 0.0607. The molecule has 0 aliphatic carbocycles. The van der Waals surface area contributed by atoms with E-state index in [1.807, 2.05) is 37.3 Å². The number of sulfonamides is 1. The Bertz CT molecular complexity index is 1160. The topological polar surface area (TPSA) is 130 Å². The van der Waals surface area contributed by atoms with Crippen LogP contribution in [-0.2, 0) is 14.8 Å². The van der Waals surface area contributed by atoms with Crippen LogP contribution < -0.4 is 15.4 Å². The van der Waals surface area contributed by atoms with Crippen LogP contribution in [-0.4, -0.2) is 30.4 Å². The van der Waals surface area contributed by atoms with E-state index in [1.165, 1.54) is 19.1 Å². The second-order valence-corrected chi connectivity index (χ2v) is 9.14. The van der Waals surface area contributed by atoms with Gasteiger partial charge in [-0.25, -0.2) is 0 Å². The van der Waals surface area contributed by atoms with Crippen molar-refractivity contribution in [2.75, 3.05) is 10.0 Å². The number of nitrogens with zero attached hydrogens (tertiary/aromatic N) is 2. The molecule has 0 aliphatic rings. The summed E-state index contributed by atoms with van der Waals surface area (Å²) in [5.74, 6) is -0.821. The number of anilines is 2. The zero-order valence-electron chi connectivity index (χ0n) is 16.1. The van der Waals surface area contributed by atoms with Gasteiger partial charge in [-0.15, -0.1) is 10.2 Å². The molecule has 2 aromatic carbocycles. The number of hydrogen-bond donors (Lipinski definition) is 3. The number of benzene rings is 2. The molecule has 0 bridgehead atoms. The van der Waals surface area contributed by atoms with Crippen molar-refractivity contribution in [3.05, 3.63) is 65.7 Å². The predicted octanol–water partition coefficient (Wildman–Crippen LogP) is 2.79. The number of amides is 2. The molecular weight excluding hydrogens is 426 g/mol. The summed E-state index contributed by atoms with van der Waals surface area (Å²) in [6.07, 6.45) is 0. The van der Waals surface area contributed by atoms with Crippen LogP contribution in [0.1, 0.15) is 35.8 Å². The normalized spacial score (nSPS) is 12.1. The van der Waals surface area contributed by atoms with Crippen molar-refractivity contribution in [1.82, 2.24) is 15.5 Å². The third-order valence-electron chi connectivity index (χ3n) is 3.98. The maximum absolute atomic E-state index is 12.8. The molecular formula is C19H19N5O4S2. The second kappa shape index (κ2) is 9.01. The molecule has 0 unspecified atom stereocenters. The van der Waals surface area contributed by atoms with Gasteiger partial charge in [0.05, 0.1) is 17.3 Å². The predicted molar refractivity (Wildman–Crippen MR) is 114 cm³/mol. The van der Waals surface area contributed by atoms with Crippen LogP contribution in [0, 0.1) is 0 Å². The average Bonchev–Trinajstić information content (AvgIpc) is 3.17. The Labute approximate surface area is 177 Å². The van der Waals surface area contributed by atoms with Crippen LogP contribution in [0.5, 0.6) is 0 Å². The molecule has 0 radical (unpaired) electrons. The molecule has 0 saturated carbocycles. The molecule has 0 fully saturated rings. The molecule has 3 rings (SSSR count). The third-order valence-corrected chi connectivity index (χ3v) is 6.55. The Morgan fingerprint density at radius 2 is 1.67 bits per heavy atom. The van der Waals surface area contributed by atoms with Crippen LogP contribution in [0.3, 0.4) is 0 Å². The lowest BCUT2D eigenvalue weighted by Crippen LogP contribution is -2.28. The molecule has 3 N–H and O–H groups in total. The highest BCUT2D eigenvalue weighted by Crippen LogP contribution is 2.25. The van der Waals surface area contributed by atoms with Gasteiger partial charge >= 0.3 is 0 Å². The van der Waals surface area contributed by atoms with E-state index < -0.39 is 21.8 Å². The first kappa shape index (κ1) is 21.4. The Morgan fingerprint density at radius 1 is 1.00 bits per heavy atom. The number of carbonyl (C=O) groups is 2. The van der Waals surface area contributed by atoms with Crippen LogP contribution in [0.2, 0.25) is 0 Å². The number of para-hydroxylation sites is 1. The van der Waals surface area contributed by atoms with Gasteiger partial charge < -0.3 is 10.6 Å². The van der Waals surface area contributed by atoms with Gasteiger partial charge in [-0.3, -0.25) is 14.3 Å². The first-order chi connectivity index (χ1) is 14.3. The molecule has 1 atom stereocenters. The van der Waals surface area contributed by atoms with Crippen LogP contribution in [0.25, 0.3) is 0 Å². The van der Waals surface area contributed by atoms with E-state index in [0.29, 0.717) is 11.3 Å². The van der Waals surface area contributed by atoms with Crippen molar-refractivity contribution in [2.24, 2.45) is 0 Å². The highest BCUT2D eigenvalue weighted by atomic mass is 32.2.